The molecule has 2 aromatic carbocycles. The summed E-state index contributed by atoms with van der Waals surface area (Å²) in [5.74, 6) is -1.19. The maximum Gasteiger partial charge on any atom is 0.303 e. The first-order valence-corrected chi connectivity index (χ1v) is 19.8. The smallest absolute Gasteiger partial charge is 0.303 e. The Morgan fingerprint density at radius 1 is 0.918 bits per heavy atom. The lowest BCUT2D eigenvalue weighted by Gasteiger charge is -2.27. The third kappa shape index (κ3) is 8.78. The molecule has 10 nitrogen and oxygen atoms in total. The highest BCUT2D eigenvalue weighted by Gasteiger charge is 2.47. The molecule has 2 aliphatic heterocycles. The monoisotopic (exact) mass is 713 g/mol. The van der Waals surface area contributed by atoms with E-state index < -0.39 is 37.4 Å². The third-order valence-electron chi connectivity index (χ3n) is 9.58. The van der Waals surface area contributed by atoms with Gasteiger partial charge in [-0.1, -0.05) is 63.5 Å². The zero-order valence-electron chi connectivity index (χ0n) is 29.0. The molecule has 0 spiro atoms. The number of rotatable bonds is 16. The number of hydrogen-bond donors (Lipinski definition) is 3. The molecule has 3 N–H and O–H groups in total. The molecule has 4 rings (SSSR count). The Balaban J connectivity index is 1.67. The van der Waals surface area contributed by atoms with Crippen molar-refractivity contribution in [2.24, 2.45) is 0 Å². The van der Waals surface area contributed by atoms with E-state index >= 15 is 0 Å². The van der Waals surface area contributed by atoms with Crippen LogP contribution in [0.2, 0.25) is 0 Å². The molecule has 0 saturated heterocycles. The van der Waals surface area contributed by atoms with Gasteiger partial charge in [0.05, 0.1) is 16.1 Å². The first-order valence-electron chi connectivity index (χ1n) is 16.8. The van der Waals surface area contributed by atoms with Crippen molar-refractivity contribution in [3.8, 4) is 0 Å². The van der Waals surface area contributed by atoms with Crippen molar-refractivity contribution < 1.29 is 40.4 Å². The number of nitrogens with zero attached hydrogens (tertiary/aromatic N) is 2. The highest BCUT2D eigenvalue weighted by Crippen LogP contribution is 2.49. The summed E-state index contributed by atoms with van der Waals surface area (Å²) in [7, 11) is -8.60. The molecule has 0 bridgehead atoms. The van der Waals surface area contributed by atoms with E-state index in [0.717, 1.165) is 37.9 Å². The summed E-state index contributed by atoms with van der Waals surface area (Å²) in [6.45, 7) is 11.5. The Morgan fingerprint density at radius 3 is 2.31 bits per heavy atom. The van der Waals surface area contributed by atoms with Crippen LogP contribution in [0.3, 0.4) is 0 Å². The van der Waals surface area contributed by atoms with Crippen LogP contribution in [0, 0.1) is 6.92 Å². The predicted octanol–water partition coefficient (Wildman–Crippen LogP) is 7.12. The molecule has 0 aliphatic carbocycles. The Hall–Kier alpha value is -3.58. The Morgan fingerprint density at radius 2 is 1.65 bits per heavy atom. The highest BCUT2D eigenvalue weighted by atomic mass is 32.2. The van der Waals surface area contributed by atoms with Crippen LogP contribution in [-0.4, -0.2) is 66.1 Å². The molecule has 0 amide bonds. The number of aliphatic carboxylic acids is 1. The van der Waals surface area contributed by atoms with Crippen LogP contribution >= 0.6 is 0 Å². The van der Waals surface area contributed by atoms with Gasteiger partial charge in [-0.05, 0) is 69.0 Å². The van der Waals surface area contributed by atoms with Crippen molar-refractivity contribution in [2.45, 2.75) is 95.3 Å². The summed E-state index contributed by atoms with van der Waals surface area (Å²) in [5.41, 5.74) is 6.09. The molecule has 0 fully saturated rings. The number of hydrogen-bond acceptors (Lipinski definition) is 6. The molecule has 0 aromatic heterocycles. The van der Waals surface area contributed by atoms with Crippen LogP contribution in [0.1, 0.15) is 89.3 Å². The quantitative estimate of drug-likeness (QED) is 0.0715. The van der Waals surface area contributed by atoms with Crippen molar-refractivity contribution in [1.29, 1.82) is 0 Å². The number of unbranched alkanes of at least 4 members (excludes halogenated alkanes) is 2. The Kier molecular flexibility index (Phi) is 11.8. The van der Waals surface area contributed by atoms with E-state index in [0.29, 0.717) is 17.7 Å². The molecule has 1 atom stereocenters. The lowest BCUT2D eigenvalue weighted by atomic mass is 9.75. The van der Waals surface area contributed by atoms with Gasteiger partial charge in [-0.3, -0.25) is 13.9 Å². The zero-order chi connectivity index (χ0) is 36.2. The fraction of sp³-hybridized carbons (Fsp3) is 0.459. The maximum absolute atomic E-state index is 11.9. The minimum Gasteiger partial charge on any atom is -0.481 e. The van der Waals surface area contributed by atoms with Crippen molar-refractivity contribution in [3.05, 3.63) is 89.2 Å². The number of fused-ring (bicyclic) bond motifs is 2. The molecular weight excluding hydrogens is 665 g/mol. The number of benzene rings is 2. The lowest BCUT2D eigenvalue weighted by molar-refractivity contribution is -0.437. The van der Waals surface area contributed by atoms with Crippen LogP contribution in [0.15, 0.2) is 77.4 Å². The van der Waals surface area contributed by atoms with Crippen LogP contribution in [0.5, 0.6) is 0 Å². The maximum atomic E-state index is 11.9. The third-order valence-corrected chi connectivity index (χ3v) is 11.2. The van der Waals surface area contributed by atoms with Gasteiger partial charge in [-0.2, -0.15) is 21.4 Å². The SMILES string of the molecule is CCC[N+]1=C(/C=C/C=C/C=C2/N(CCCS(=O)(=O)O)c3ccc(S(=O)(=O)O)cc3C2(C)C)C(C)(CCCCCC(=O)O)c2cc(C)ccc21. The van der Waals surface area contributed by atoms with E-state index in [1.807, 2.05) is 43.1 Å². The normalized spacial score (nSPS) is 19.8. The van der Waals surface area contributed by atoms with Crippen LogP contribution in [0.25, 0.3) is 0 Å². The van der Waals surface area contributed by atoms with Gasteiger partial charge in [0.2, 0.25) is 5.69 Å². The van der Waals surface area contributed by atoms with Gasteiger partial charge in [-0.15, -0.1) is 0 Å². The van der Waals surface area contributed by atoms with Crippen LogP contribution in [-0.2, 0) is 35.9 Å². The van der Waals surface area contributed by atoms with Gasteiger partial charge in [-0.25, -0.2) is 0 Å². The summed E-state index contributed by atoms with van der Waals surface area (Å²) in [6.07, 6.45) is 14.5. The van der Waals surface area contributed by atoms with Crippen molar-refractivity contribution >= 4 is 43.3 Å². The van der Waals surface area contributed by atoms with Crippen molar-refractivity contribution in [2.75, 3.05) is 23.7 Å². The molecule has 266 valence electrons. The molecule has 12 heteroatoms. The van der Waals surface area contributed by atoms with Crippen LogP contribution in [0.4, 0.5) is 11.4 Å². The van der Waals surface area contributed by atoms with E-state index in [1.54, 1.807) is 6.07 Å². The van der Waals surface area contributed by atoms with Crippen molar-refractivity contribution in [1.82, 2.24) is 0 Å². The molecular formula is C37H49N2O8S2+. The lowest BCUT2D eigenvalue weighted by Crippen LogP contribution is -2.31. The number of carbonyl (C=O) groups is 1. The first kappa shape index (κ1) is 38.2. The summed E-state index contributed by atoms with van der Waals surface area (Å²) >= 11 is 0. The van der Waals surface area contributed by atoms with E-state index in [9.17, 15) is 30.7 Å². The summed E-state index contributed by atoms with van der Waals surface area (Å²) < 4.78 is 68.2. The molecule has 49 heavy (non-hydrogen) atoms. The molecule has 2 aromatic rings. The minimum absolute atomic E-state index is 0.149. The second kappa shape index (κ2) is 15.1. The second-order valence-corrected chi connectivity index (χ2v) is 16.7. The molecule has 2 heterocycles. The van der Waals surface area contributed by atoms with Gasteiger partial charge in [0.25, 0.3) is 20.2 Å². The van der Waals surface area contributed by atoms with Crippen molar-refractivity contribution in [3.63, 3.8) is 0 Å². The fourth-order valence-corrected chi connectivity index (χ4v) is 8.14. The zero-order valence-corrected chi connectivity index (χ0v) is 30.6. The topological polar surface area (TPSA) is 152 Å². The standard InChI is InChI=1S/C37H48N2O8S2/c1-6-22-38-32-19-17-27(2)25-30(32)37(5,21-12-8-11-16-35(40)41)34(38)15-10-7-9-14-33-36(3,4)29-26-28(49(45,46)47)18-20-31(29)39(33)23-13-24-48(42,43)44/h7,9-10,14-15,17-20,25-26H,6,8,11-13,16,21-24H2,1-5H3,(H2-,40,41,42,43,44,45,46,47)/p+1. The largest absolute Gasteiger partial charge is 0.481 e. The number of aryl methyl sites for hydroxylation is 1. The molecule has 2 aliphatic rings. The first-order chi connectivity index (χ1) is 22.9. The summed E-state index contributed by atoms with van der Waals surface area (Å²) in [6, 6.07) is 11.0. The van der Waals surface area contributed by atoms with Gasteiger partial charge < -0.3 is 10.0 Å². The van der Waals surface area contributed by atoms with E-state index in [4.69, 9.17) is 5.11 Å². The van der Waals surface area contributed by atoms with Gasteiger partial charge in [0.15, 0.2) is 5.71 Å². The van der Waals surface area contributed by atoms with Gasteiger partial charge >= 0.3 is 5.97 Å². The summed E-state index contributed by atoms with van der Waals surface area (Å²) in [5, 5.41) is 9.08. The number of carboxylic acid groups (broad SMARTS) is 1. The van der Waals surface area contributed by atoms with E-state index in [2.05, 4.69) is 49.6 Å². The van der Waals surface area contributed by atoms with Gasteiger partial charge in [0, 0.05) is 53.9 Å². The average molecular weight is 714 g/mol. The molecule has 0 radical (unpaired) electrons. The average Bonchev–Trinajstić information content (AvgIpc) is 3.35. The number of carboxylic acids is 1. The second-order valence-electron chi connectivity index (χ2n) is 13.7. The Labute approximate surface area is 291 Å². The fourth-order valence-electron chi connectivity index (χ4n) is 7.14. The summed E-state index contributed by atoms with van der Waals surface area (Å²) in [4.78, 5) is 12.8. The molecule has 0 saturated carbocycles. The van der Waals surface area contributed by atoms with E-state index in [-0.39, 0.29) is 29.7 Å². The molecule has 1 unspecified atom stereocenters. The van der Waals surface area contributed by atoms with Crippen LogP contribution < -0.4 is 4.90 Å². The highest BCUT2D eigenvalue weighted by molar-refractivity contribution is 7.86. The predicted molar refractivity (Wildman–Crippen MR) is 193 cm³/mol. The minimum atomic E-state index is -4.43. The van der Waals surface area contributed by atoms with Gasteiger partial charge in [0.1, 0.15) is 6.54 Å². The number of allylic oxidation sites excluding steroid dienone is 6. The number of anilines is 1. The Bertz CT molecular complexity index is 1920. The van der Waals surface area contributed by atoms with E-state index in [1.165, 1.54) is 34.7 Å².